The van der Waals surface area contributed by atoms with Gasteiger partial charge in [0.15, 0.2) is 0 Å². The molecule has 0 saturated carbocycles. The van der Waals surface area contributed by atoms with Crippen molar-refractivity contribution in [2.24, 2.45) is 0 Å². The molecule has 0 amide bonds. The van der Waals surface area contributed by atoms with Crippen molar-refractivity contribution in [2.45, 2.75) is 58.4 Å². The molecule has 1 aromatic rings. The van der Waals surface area contributed by atoms with Crippen LogP contribution in [0.5, 0.6) is 0 Å². The van der Waals surface area contributed by atoms with Crippen molar-refractivity contribution < 1.29 is 4.52 Å². The molecular weight excluding hydrogens is 240 g/mol. The normalized spacial score (nSPS) is 18.3. The van der Waals surface area contributed by atoms with Crippen LogP contribution in [-0.2, 0) is 6.42 Å². The van der Waals surface area contributed by atoms with Crippen molar-refractivity contribution in [3.63, 3.8) is 0 Å². The van der Waals surface area contributed by atoms with Gasteiger partial charge in [-0.2, -0.15) is 4.98 Å². The number of nitrogens with one attached hydrogen (secondary N) is 1. The third kappa shape index (κ3) is 4.20. The maximum atomic E-state index is 5.39. The van der Waals surface area contributed by atoms with Gasteiger partial charge < -0.3 is 14.7 Å². The lowest BCUT2D eigenvalue weighted by Gasteiger charge is -2.16. The number of hydrogen-bond acceptors (Lipinski definition) is 5. The summed E-state index contributed by atoms with van der Waals surface area (Å²) in [6.07, 6.45) is 7.01. The smallest absolute Gasteiger partial charge is 0.266 e. The van der Waals surface area contributed by atoms with Gasteiger partial charge in [-0.25, -0.2) is 0 Å². The van der Waals surface area contributed by atoms with Crippen molar-refractivity contribution in [3.8, 4) is 0 Å². The van der Waals surface area contributed by atoms with Crippen LogP contribution in [0.2, 0.25) is 0 Å². The molecule has 1 atom stereocenters. The molecule has 1 saturated heterocycles. The van der Waals surface area contributed by atoms with Gasteiger partial charge in [-0.05, 0) is 31.0 Å². The first-order valence-corrected chi connectivity index (χ1v) is 7.64. The maximum Gasteiger partial charge on any atom is 0.266 e. The average molecular weight is 266 g/mol. The average Bonchev–Trinajstić information content (AvgIpc) is 2.72. The molecule has 1 N–H and O–H groups in total. The van der Waals surface area contributed by atoms with Crippen LogP contribution in [0.1, 0.15) is 51.8 Å². The lowest BCUT2D eigenvalue weighted by atomic mass is 10.1. The number of hydrogen-bond donors (Lipinski definition) is 1. The van der Waals surface area contributed by atoms with Crippen LogP contribution < -0.4 is 10.2 Å². The van der Waals surface area contributed by atoms with Gasteiger partial charge in [0.25, 0.3) is 5.95 Å². The summed E-state index contributed by atoms with van der Waals surface area (Å²) in [6, 6.07) is 0.433. The highest BCUT2D eigenvalue weighted by Crippen LogP contribution is 2.17. The number of aromatic nitrogens is 2. The molecule has 108 valence electrons. The fourth-order valence-corrected chi connectivity index (χ4v) is 2.59. The van der Waals surface area contributed by atoms with Gasteiger partial charge in [0.1, 0.15) is 0 Å². The summed E-state index contributed by atoms with van der Waals surface area (Å²) in [5, 5.41) is 7.58. The summed E-state index contributed by atoms with van der Waals surface area (Å²) in [6.45, 7) is 7.40. The standard InChI is InChI=1S/C14H26N4O/c1-3-12(15-4-2)11-13-16-14(17-19-13)18-9-7-5-6-8-10-18/h12,15H,3-11H2,1-2H3. The Morgan fingerprint density at radius 1 is 1.21 bits per heavy atom. The summed E-state index contributed by atoms with van der Waals surface area (Å²) in [5.74, 6) is 1.54. The predicted molar refractivity (Wildman–Crippen MR) is 76.4 cm³/mol. The zero-order chi connectivity index (χ0) is 13.5. The second-order valence-corrected chi connectivity index (χ2v) is 5.26. The van der Waals surface area contributed by atoms with Crippen LogP contribution in [0.4, 0.5) is 5.95 Å². The van der Waals surface area contributed by atoms with Crippen LogP contribution >= 0.6 is 0 Å². The molecule has 1 aromatic heterocycles. The van der Waals surface area contributed by atoms with Crippen LogP contribution in [0.3, 0.4) is 0 Å². The van der Waals surface area contributed by atoms with E-state index < -0.39 is 0 Å². The maximum absolute atomic E-state index is 5.39. The molecule has 5 nitrogen and oxygen atoms in total. The highest BCUT2D eigenvalue weighted by atomic mass is 16.5. The van der Waals surface area contributed by atoms with E-state index in [2.05, 4.69) is 34.2 Å². The Bertz CT molecular complexity index is 358. The van der Waals surface area contributed by atoms with Crippen LogP contribution in [0.25, 0.3) is 0 Å². The first-order chi connectivity index (χ1) is 9.33. The van der Waals surface area contributed by atoms with E-state index >= 15 is 0 Å². The molecule has 0 aliphatic carbocycles. The highest BCUT2D eigenvalue weighted by Gasteiger charge is 2.17. The largest absolute Gasteiger partial charge is 0.338 e. The molecule has 1 aliphatic rings. The first-order valence-electron chi connectivity index (χ1n) is 7.64. The quantitative estimate of drug-likeness (QED) is 0.856. The van der Waals surface area contributed by atoms with Crippen LogP contribution in [0, 0.1) is 0 Å². The Kier molecular flexibility index (Phi) is 5.63. The molecule has 1 aliphatic heterocycles. The van der Waals surface area contributed by atoms with Gasteiger partial charge in [0, 0.05) is 25.6 Å². The van der Waals surface area contributed by atoms with Crippen LogP contribution in [0.15, 0.2) is 4.52 Å². The Morgan fingerprint density at radius 3 is 2.58 bits per heavy atom. The molecule has 5 heteroatoms. The summed E-state index contributed by atoms with van der Waals surface area (Å²) >= 11 is 0. The number of likely N-dealkylation sites (N-methyl/N-ethyl adjacent to an activating group) is 1. The van der Waals surface area contributed by atoms with Crippen LogP contribution in [-0.4, -0.2) is 35.8 Å². The van der Waals surface area contributed by atoms with E-state index in [0.29, 0.717) is 6.04 Å². The molecule has 0 radical (unpaired) electrons. The minimum Gasteiger partial charge on any atom is -0.338 e. The fourth-order valence-electron chi connectivity index (χ4n) is 2.59. The van der Waals surface area contributed by atoms with E-state index in [-0.39, 0.29) is 0 Å². The predicted octanol–water partition coefficient (Wildman–Crippen LogP) is 2.38. The molecule has 0 aromatic carbocycles. The fraction of sp³-hybridized carbons (Fsp3) is 0.857. The van der Waals surface area contributed by atoms with Gasteiger partial charge in [0.2, 0.25) is 5.89 Å². The topological polar surface area (TPSA) is 54.2 Å². The van der Waals surface area contributed by atoms with Crippen molar-refractivity contribution in [2.75, 3.05) is 24.5 Å². The highest BCUT2D eigenvalue weighted by molar-refractivity contribution is 5.27. The van der Waals surface area contributed by atoms with Crippen molar-refractivity contribution in [1.29, 1.82) is 0 Å². The lowest BCUT2D eigenvalue weighted by molar-refractivity contribution is 0.354. The Balaban J connectivity index is 1.93. The van der Waals surface area contributed by atoms with Gasteiger partial charge in [-0.3, -0.25) is 0 Å². The molecule has 19 heavy (non-hydrogen) atoms. The second-order valence-electron chi connectivity index (χ2n) is 5.26. The molecule has 0 bridgehead atoms. The Labute approximate surface area is 115 Å². The van der Waals surface area contributed by atoms with Crippen molar-refractivity contribution in [1.82, 2.24) is 15.5 Å². The van der Waals surface area contributed by atoms with E-state index in [9.17, 15) is 0 Å². The number of nitrogens with zero attached hydrogens (tertiary/aromatic N) is 3. The van der Waals surface area contributed by atoms with E-state index in [4.69, 9.17) is 4.52 Å². The summed E-state index contributed by atoms with van der Waals surface area (Å²) < 4.78 is 5.39. The Hall–Kier alpha value is -1.10. The molecule has 1 fully saturated rings. The van der Waals surface area contributed by atoms with Gasteiger partial charge in [-0.1, -0.05) is 26.7 Å². The van der Waals surface area contributed by atoms with Gasteiger partial charge >= 0.3 is 0 Å². The molecule has 0 spiro atoms. The van der Waals surface area contributed by atoms with E-state index in [0.717, 1.165) is 44.3 Å². The molecule has 1 unspecified atom stereocenters. The zero-order valence-electron chi connectivity index (χ0n) is 12.2. The number of anilines is 1. The zero-order valence-corrected chi connectivity index (χ0v) is 12.2. The summed E-state index contributed by atoms with van der Waals surface area (Å²) in [5.41, 5.74) is 0. The Morgan fingerprint density at radius 2 is 1.95 bits per heavy atom. The first kappa shape index (κ1) is 14.3. The third-order valence-corrected chi connectivity index (χ3v) is 3.75. The minimum absolute atomic E-state index is 0.433. The third-order valence-electron chi connectivity index (χ3n) is 3.75. The van der Waals surface area contributed by atoms with Gasteiger partial charge in [-0.15, -0.1) is 0 Å². The van der Waals surface area contributed by atoms with Gasteiger partial charge in [0.05, 0.1) is 0 Å². The lowest BCUT2D eigenvalue weighted by Crippen LogP contribution is -2.30. The van der Waals surface area contributed by atoms with Crippen molar-refractivity contribution in [3.05, 3.63) is 5.89 Å². The number of rotatable bonds is 6. The monoisotopic (exact) mass is 266 g/mol. The van der Waals surface area contributed by atoms with E-state index in [1.807, 2.05) is 0 Å². The van der Waals surface area contributed by atoms with Crippen molar-refractivity contribution >= 4 is 5.95 Å². The van der Waals surface area contributed by atoms with E-state index in [1.54, 1.807) is 0 Å². The molecule has 2 heterocycles. The van der Waals surface area contributed by atoms with E-state index in [1.165, 1.54) is 25.7 Å². The minimum atomic E-state index is 0.433. The molecule has 2 rings (SSSR count). The molecular formula is C14H26N4O. The summed E-state index contributed by atoms with van der Waals surface area (Å²) in [4.78, 5) is 6.81. The second kappa shape index (κ2) is 7.48. The summed E-state index contributed by atoms with van der Waals surface area (Å²) in [7, 11) is 0. The SMILES string of the molecule is CCNC(CC)Cc1nc(N2CCCCCC2)no1.